The molecule has 0 aliphatic rings. The van der Waals surface area contributed by atoms with E-state index in [2.05, 4.69) is 10.4 Å². The number of rotatable bonds is 4. The number of nitrogens with one attached hydrogen (secondary N) is 1. The van der Waals surface area contributed by atoms with Gasteiger partial charge in [0.2, 0.25) is 5.91 Å². The van der Waals surface area contributed by atoms with E-state index in [0.29, 0.717) is 11.5 Å². The molecule has 0 aliphatic carbocycles. The van der Waals surface area contributed by atoms with Crippen molar-refractivity contribution in [2.24, 2.45) is 7.05 Å². The Morgan fingerprint density at radius 2 is 2.00 bits per heavy atom. The van der Waals surface area contributed by atoms with Crippen molar-refractivity contribution in [3.63, 3.8) is 0 Å². The fraction of sp³-hybridized carbons (Fsp3) is 0.235. The van der Waals surface area contributed by atoms with Crippen LogP contribution in [0.1, 0.15) is 11.4 Å². The number of nitrogens with zero attached hydrogens (tertiary/aromatic N) is 4. The van der Waals surface area contributed by atoms with Crippen LogP contribution in [0.3, 0.4) is 0 Å². The van der Waals surface area contributed by atoms with Gasteiger partial charge in [-0.25, -0.2) is 9.18 Å². The maximum Gasteiger partial charge on any atom is 0.333 e. The number of carbonyl (C=O) groups excluding carboxylic acids is 1. The molecule has 0 radical (unpaired) electrons. The summed E-state index contributed by atoms with van der Waals surface area (Å²) in [6, 6.07) is 7.75. The molecule has 1 aromatic carbocycles. The number of hydrogen-bond donors (Lipinski definition) is 1. The van der Waals surface area contributed by atoms with E-state index in [1.165, 1.54) is 27.5 Å². The van der Waals surface area contributed by atoms with Gasteiger partial charge in [0.05, 0.1) is 11.4 Å². The van der Waals surface area contributed by atoms with Crippen molar-refractivity contribution in [1.29, 1.82) is 0 Å². The third-order valence-electron chi connectivity index (χ3n) is 3.81. The van der Waals surface area contributed by atoms with Crippen molar-refractivity contribution in [3.05, 3.63) is 64.2 Å². The van der Waals surface area contributed by atoms with Gasteiger partial charge >= 0.3 is 5.69 Å². The van der Waals surface area contributed by atoms with Gasteiger partial charge < -0.3 is 5.32 Å². The Morgan fingerprint density at radius 1 is 1.28 bits per heavy atom. The number of para-hydroxylation sites is 1. The van der Waals surface area contributed by atoms with Gasteiger partial charge in [-0.1, -0.05) is 12.1 Å². The predicted molar refractivity (Wildman–Crippen MR) is 91.3 cm³/mol. The molecule has 1 N–H and O–H groups in total. The molecule has 2 heterocycles. The van der Waals surface area contributed by atoms with Crippen LogP contribution < -0.4 is 11.0 Å². The third kappa shape index (κ3) is 3.23. The highest BCUT2D eigenvalue weighted by molar-refractivity contribution is 5.89. The van der Waals surface area contributed by atoms with Crippen LogP contribution in [0.5, 0.6) is 0 Å². The van der Waals surface area contributed by atoms with E-state index in [9.17, 15) is 14.0 Å². The first kappa shape index (κ1) is 16.7. The Hall–Kier alpha value is -3.16. The molecular formula is C17H18FN5O2. The molecule has 3 aromatic rings. The highest BCUT2D eigenvalue weighted by Gasteiger charge is 2.15. The van der Waals surface area contributed by atoms with Crippen LogP contribution in [0.15, 0.2) is 41.3 Å². The molecule has 0 saturated carbocycles. The van der Waals surface area contributed by atoms with Gasteiger partial charge in [-0.3, -0.25) is 18.6 Å². The average molecular weight is 343 g/mol. The minimum absolute atomic E-state index is 0.159. The highest BCUT2D eigenvalue weighted by atomic mass is 19.1. The highest BCUT2D eigenvalue weighted by Crippen LogP contribution is 2.13. The number of benzene rings is 1. The zero-order chi connectivity index (χ0) is 18.1. The molecule has 0 fully saturated rings. The summed E-state index contributed by atoms with van der Waals surface area (Å²) in [7, 11) is 1.72. The molecule has 3 rings (SSSR count). The first-order valence-electron chi connectivity index (χ1n) is 7.71. The topological polar surface area (TPSA) is 73.8 Å². The number of anilines is 1. The molecule has 7 nitrogen and oxygen atoms in total. The van der Waals surface area contributed by atoms with Crippen LogP contribution >= 0.6 is 0 Å². The quantitative estimate of drug-likeness (QED) is 0.784. The van der Waals surface area contributed by atoms with Crippen molar-refractivity contribution in [1.82, 2.24) is 18.9 Å². The number of hydrogen-bond acceptors (Lipinski definition) is 3. The van der Waals surface area contributed by atoms with E-state index in [-0.39, 0.29) is 18.1 Å². The first-order valence-corrected chi connectivity index (χ1v) is 7.71. The SMILES string of the molecule is Cc1cc(NC(=O)Cn2cc(C)n(-c3ccccc3F)c2=O)n(C)n1. The largest absolute Gasteiger partial charge is 0.333 e. The van der Waals surface area contributed by atoms with Gasteiger partial charge in [0.1, 0.15) is 18.2 Å². The summed E-state index contributed by atoms with van der Waals surface area (Å²) in [5, 5.41) is 6.85. The van der Waals surface area contributed by atoms with Crippen LogP contribution in [-0.2, 0) is 18.4 Å². The summed E-state index contributed by atoms with van der Waals surface area (Å²) in [6.45, 7) is 3.33. The van der Waals surface area contributed by atoms with E-state index in [4.69, 9.17) is 0 Å². The molecule has 2 aromatic heterocycles. The van der Waals surface area contributed by atoms with Crippen molar-refractivity contribution in [2.75, 3.05) is 5.32 Å². The van der Waals surface area contributed by atoms with E-state index < -0.39 is 11.5 Å². The molecule has 0 aliphatic heterocycles. The average Bonchev–Trinajstić information content (AvgIpc) is 2.99. The van der Waals surface area contributed by atoms with Crippen LogP contribution in [0.25, 0.3) is 5.69 Å². The molecule has 0 saturated heterocycles. The lowest BCUT2D eigenvalue weighted by Crippen LogP contribution is -2.29. The zero-order valence-corrected chi connectivity index (χ0v) is 14.2. The standard InChI is InChI=1S/C17H18FN5O2/c1-11-8-15(21(3)20-11)19-16(24)10-22-9-12(2)23(17(22)25)14-7-5-4-6-13(14)18/h4-9H,10H2,1-3H3,(H,19,24). The summed E-state index contributed by atoms with van der Waals surface area (Å²) in [5.74, 6) is -0.322. The maximum absolute atomic E-state index is 14.0. The minimum Gasteiger partial charge on any atom is -0.309 e. The van der Waals surface area contributed by atoms with Gasteiger partial charge in [0, 0.05) is 25.0 Å². The molecule has 8 heteroatoms. The lowest BCUT2D eigenvalue weighted by atomic mass is 10.3. The number of carbonyl (C=O) groups is 1. The number of aryl methyl sites for hydroxylation is 3. The van der Waals surface area contributed by atoms with E-state index in [1.807, 2.05) is 6.92 Å². The summed E-state index contributed by atoms with van der Waals surface area (Å²) in [4.78, 5) is 24.8. The fourth-order valence-corrected chi connectivity index (χ4v) is 2.72. The van der Waals surface area contributed by atoms with E-state index >= 15 is 0 Å². The summed E-state index contributed by atoms with van der Waals surface area (Å²) in [5.41, 5.74) is 1.00. The number of amides is 1. The van der Waals surface area contributed by atoms with Gasteiger partial charge in [-0.2, -0.15) is 5.10 Å². The molecule has 1 amide bonds. The van der Waals surface area contributed by atoms with Crippen LogP contribution in [0.2, 0.25) is 0 Å². The molecule has 0 spiro atoms. The predicted octanol–water partition coefficient (Wildman–Crippen LogP) is 1.77. The van der Waals surface area contributed by atoms with Crippen molar-refractivity contribution >= 4 is 11.7 Å². The molecule has 0 bridgehead atoms. The number of aromatic nitrogens is 4. The first-order chi connectivity index (χ1) is 11.9. The Balaban J connectivity index is 1.86. The normalized spacial score (nSPS) is 10.9. The minimum atomic E-state index is -0.500. The lowest BCUT2D eigenvalue weighted by molar-refractivity contribution is -0.116. The van der Waals surface area contributed by atoms with E-state index in [0.717, 1.165) is 5.69 Å². The second kappa shape index (κ2) is 6.39. The van der Waals surface area contributed by atoms with Crippen molar-refractivity contribution in [3.8, 4) is 5.69 Å². The zero-order valence-electron chi connectivity index (χ0n) is 14.2. The van der Waals surface area contributed by atoms with E-state index in [1.54, 1.807) is 36.9 Å². The van der Waals surface area contributed by atoms with Crippen LogP contribution in [0.4, 0.5) is 10.2 Å². The maximum atomic E-state index is 14.0. The molecule has 25 heavy (non-hydrogen) atoms. The Kier molecular flexibility index (Phi) is 4.26. The van der Waals surface area contributed by atoms with Crippen molar-refractivity contribution < 1.29 is 9.18 Å². The number of imidazole rings is 1. The second-order valence-corrected chi connectivity index (χ2v) is 5.81. The Bertz CT molecular complexity index is 999. The molecular weight excluding hydrogens is 325 g/mol. The summed E-state index contributed by atoms with van der Waals surface area (Å²) >= 11 is 0. The Morgan fingerprint density at radius 3 is 2.64 bits per heavy atom. The smallest absolute Gasteiger partial charge is 0.309 e. The molecule has 0 unspecified atom stereocenters. The lowest BCUT2D eigenvalue weighted by Gasteiger charge is -2.06. The molecule has 0 atom stereocenters. The summed E-state index contributed by atoms with van der Waals surface area (Å²) in [6.07, 6.45) is 1.53. The van der Waals surface area contributed by atoms with Gasteiger partial charge in [-0.05, 0) is 26.0 Å². The number of halogens is 1. The van der Waals surface area contributed by atoms with Crippen LogP contribution in [-0.4, -0.2) is 24.8 Å². The third-order valence-corrected chi connectivity index (χ3v) is 3.81. The Labute approximate surface area is 143 Å². The summed E-state index contributed by atoms with van der Waals surface area (Å²) < 4.78 is 18.0. The van der Waals surface area contributed by atoms with Gasteiger partial charge in [0.25, 0.3) is 0 Å². The fourth-order valence-electron chi connectivity index (χ4n) is 2.72. The van der Waals surface area contributed by atoms with Crippen LogP contribution in [0, 0.1) is 19.7 Å². The van der Waals surface area contributed by atoms with Gasteiger partial charge in [-0.15, -0.1) is 0 Å². The second-order valence-electron chi connectivity index (χ2n) is 5.81. The monoisotopic (exact) mass is 343 g/mol. The van der Waals surface area contributed by atoms with Gasteiger partial charge in [0.15, 0.2) is 0 Å². The molecule has 130 valence electrons. The van der Waals surface area contributed by atoms with Crippen molar-refractivity contribution in [2.45, 2.75) is 20.4 Å².